The highest BCUT2D eigenvalue weighted by atomic mass is 79.9. The van der Waals surface area contributed by atoms with Gasteiger partial charge in [-0.3, -0.25) is 4.79 Å². The van der Waals surface area contributed by atoms with Crippen molar-refractivity contribution < 1.29 is 4.79 Å². The van der Waals surface area contributed by atoms with E-state index in [1.807, 2.05) is 22.8 Å². The lowest BCUT2D eigenvalue weighted by Gasteiger charge is -2.27. The molecule has 1 aliphatic heterocycles. The van der Waals surface area contributed by atoms with Gasteiger partial charge in [0.25, 0.3) is 5.91 Å². The van der Waals surface area contributed by atoms with Crippen LogP contribution in [0.25, 0.3) is 0 Å². The molecule has 98 valence electrons. The molecule has 0 spiro atoms. The van der Waals surface area contributed by atoms with Crippen LogP contribution in [0.5, 0.6) is 0 Å². The van der Waals surface area contributed by atoms with Crippen molar-refractivity contribution in [3.05, 3.63) is 44.9 Å². The van der Waals surface area contributed by atoms with Crippen LogP contribution in [0.15, 0.2) is 33.5 Å². The van der Waals surface area contributed by atoms with Gasteiger partial charge in [-0.15, -0.1) is 10.2 Å². The van der Waals surface area contributed by atoms with Gasteiger partial charge in [0.1, 0.15) is 6.33 Å². The molecule has 5 nitrogen and oxygen atoms in total. The van der Waals surface area contributed by atoms with E-state index in [2.05, 4.69) is 42.1 Å². The number of amides is 1. The fourth-order valence-corrected chi connectivity index (χ4v) is 3.29. The van der Waals surface area contributed by atoms with Gasteiger partial charge in [0.2, 0.25) is 0 Å². The topological polar surface area (TPSA) is 51.0 Å². The summed E-state index contributed by atoms with van der Waals surface area (Å²) in [5.74, 6) is 0.835. The maximum absolute atomic E-state index is 12.5. The third-order valence-corrected chi connectivity index (χ3v) is 4.24. The van der Waals surface area contributed by atoms with Crippen LogP contribution in [-0.4, -0.2) is 32.1 Å². The number of nitrogens with zero attached hydrogens (tertiary/aromatic N) is 4. The number of fused-ring (bicyclic) bond motifs is 1. The van der Waals surface area contributed by atoms with Gasteiger partial charge >= 0.3 is 0 Å². The van der Waals surface area contributed by atoms with Gasteiger partial charge in [-0.1, -0.05) is 15.9 Å². The zero-order valence-electron chi connectivity index (χ0n) is 9.88. The average molecular weight is 386 g/mol. The van der Waals surface area contributed by atoms with E-state index in [4.69, 9.17) is 0 Å². The predicted molar refractivity (Wildman–Crippen MR) is 76.6 cm³/mol. The number of aromatic nitrogens is 3. The number of hydrogen-bond acceptors (Lipinski definition) is 3. The number of halogens is 2. The highest BCUT2D eigenvalue weighted by Gasteiger charge is 2.24. The smallest absolute Gasteiger partial charge is 0.255 e. The lowest BCUT2D eigenvalue weighted by Crippen LogP contribution is -2.38. The standard InChI is InChI=1S/C12H10Br2N4O/c13-8-1-2-9(10(14)5-8)12(19)17-3-4-18-7-15-16-11(18)6-17/h1-2,5,7H,3-4,6H2. The molecule has 0 bridgehead atoms. The molecule has 0 radical (unpaired) electrons. The van der Waals surface area contributed by atoms with Crippen LogP contribution < -0.4 is 0 Å². The van der Waals surface area contributed by atoms with Crippen LogP contribution in [0.4, 0.5) is 0 Å². The third kappa shape index (κ3) is 2.44. The number of rotatable bonds is 1. The molecule has 0 fully saturated rings. The van der Waals surface area contributed by atoms with Crippen LogP contribution >= 0.6 is 31.9 Å². The van der Waals surface area contributed by atoms with E-state index in [9.17, 15) is 4.79 Å². The van der Waals surface area contributed by atoms with Gasteiger partial charge in [-0.25, -0.2) is 0 Å². The SMILES string of the molecule is O=C(c1ccc(Br)cc1Br)N1CCn2cnnc2C1. The zero-order valence-corrected chi connectivity index (χ0v) is 13.1. The summed E-state index contributed by atoms with van der Waals surface area (Å²) in [6.07, 6.45) is 1.70. The lowest BCUT2D eigenvalue weighted by atomic mass is 10.2. The first kappa shape index (κ1) is 12.8. The molecule has 1 aliphatic rings. The summed E-state index contributed by atoms with van der Waals surface area (Å²) in [7, 11) is 0. The molecule has 0 unspecified atom stereocenters. The van der Waals surface area contributed by atoms with Crippen molar-refractivity contribution in [3.63, 3.8) is 0 Å². The largest absolute Gasteiger partial charge is 0.329 e. The first-order valence-electron chi connectivity index (χ1n) is 5.76. The molecule has 0 saturated carbocycles. The normalized spacial score (nSPS) is 14.3. The summed E-state index contributed by atoms with van der Waals surface area (Å²) < 4.78 is 3.70. The van der Waals surface area contributed by atoms with Crippen LogP contribution in [0.2, 0.25) is 0 Å². The number of hydrogen-bond donors (Lipinski definition) is 0. The molecule has 2 aromatic rings. The molecule has 1 amide bonds. The Kier molecular flexibility index (Phi) is 3.40. The summed E-state index contributed by atoms with van der Waals surface area (Å²) in [5, 5.41) is 7.88. The first-order valence-corrected chi connectivity index (χ1v) is 7.35. The molecule has 0 N–H and O–H groups in total. The van der Waals surface area contributed by atoms with Gasteiger partial charge in [0, 0.05) is 22.0 Å². The van der Waals surface area contributed by atoms with E-state index in [0.29, 0.717) is 18.7 Å². The van der Waals surface area contributed by atoms with Gasteiger partial charge in [0.05, 0.1) is 12.1 Å². The Morgan fingerprint density at radius 2 is 2.11 bits per heavy atom. The highest BCUT2D eigenvalue weighted by Crippen LogP contribution is 2.24. The number of carbonyl (C=O) groups is 1. The fourth-order valence-electron chi connectivity index (χ4n) is 2.07. The molecule has 0 atom stereocenters. The number of benzene rings is 1. The van der Waals surface area contributed by atoms with E-state index in [-0.39, 0.29) is 5.91 Å². The van der Waals surface area contributed by atoms with E-state index in [0.717, 1.165) is 21.3 Å². The molecule has 0 aliphatic carbocycles. The maximum atomic E-state index is 12.5. The molecule has 2 heterocycles. The van der Waals surface area contributed by atoms with Gasteiger partial charge < -0.3 is 9.47 Å². The highest BCUT2D eigenvalue weighted by molar-refractivity contribution is 9.11. The minimum absolute atomic E-state index is 0.00799. The Morgan fingerprint density at radius 3 is 2.89 bits per heavy atom. The molecule has 0 saturated heterocycles. The Labute approximate surface area is 126 Å². The van der Waals surface area contributed by atoms with Crippen molar-refractivity contribution in [3.8, 4) is 0 Å². The summed E-state index contributed by atoms with van der Waals surface area (Å²) in [5.41, 5.74) is 0.663. The van der Waals surface area contributed by atoms with Crippen molar-refractivity contribution in [2.75, 3.05) is 6.54 Å². The van der Waals surface area contributed by atoms with Gasteiger partial charge in [-0.2, -0.15) is 0 Å². The van der Waals surface area contributed by atoms with Crippen molar-refractivity contribution in [1.82, 2.24) is 19.7 Å². The van der Waals surface area contributed by atoms with Gasteiger partial charge in [-0.05, 0) is 34.1 Å². The summed E-state index contributed by atoms with van der Waals surface area (Å²) >= 11 is 6.81. The second-order valence-corrected chi connectivity index (χ2v) is 6.06. The third-order valence-electron chi connectivity index (χ3n) is 3.09. The Hall–Kier alpha value is -1.21. The Morgan fingerprint density at radius 1 is 1.26 bits per heavy atom. The van der Waals surface area contributed by atoms with Crippen molar-refractivity contribution >= 4 is 37.8 Å². The fraction of sp³-hybridized carbons (Fsp3) is 0.250. The minimum atomic E-state index is 0.00799. The van der Waals surface area contributed by atoms with Crippen LogP contribution in [0.3, 0.4) is 0 Å². The number of carbonyl (C=O) groups excluding carboxylic acids is 1. The van der Waals surface area contributed by atoms with Crippen molar-refractivity contribution in [2.24, 2.45) is 0 Å². The zero-order chi connectivity index (χ0) is 13.4. The summed E-state index contributed by atoms with van der Waals surface area (Å²) in [6.45, 7) is 1.91. The lowest BCUT2D eigenvalue weighted by molar-refractivity contribution is 0.0706. The molecule has 19 heavy (non-hydrogen) atoms. The summed E-state index contributed by atoms with van der Waals surface area (Å²) in [4.78, 5) is 14.3. The van der Waals surface area contributed by atoms with E-state index in [1.54, 1.807) is 11.2 Å². The van der Waals surface area contributed by atoms with E-state index < -0.39 is 0 Å². The van der Waals surface area contributed by atoms with E-state index >= 15 is 0 Å². The molecular weight excluding hydrogens is 376 g/mol. The Bertz CT molecular complexity index is 640. The minimum Gasteiger partial charge on any atom is -0.329 e. The van der Waals surface area contributed by atoms with Crippen LogP contribution in [0, 0.1) is 0 Å². The molecule has 1 aromatic heterocycles. The van der Waals surface area contributed by atoms with Gasteiger partial charge in [0.15, 0.2) is 5.82 Å². The van der Waals surface area contributed by atoms with E-state index in [1.165, 1.54) is 0 Å². The predicted octanol–water partition coefficient (Wildman–Crippen LogP) is 2.46. The second-order valence-electron chi connectivity index (χ2n) is 4.29. The molecular formula is C12H10Br2N4O. The van der Waals surface area contributed by atoms with Crippen molar-refractivity contribution in [2.45, 2.75) is 13.1 Å². The summed E-state index contributed by atoms with van der Waals surface area (Å²) in [6, 6.07) is 5.56. The van der Waals surface area contributed by atoms with Crippen LogP contribution in [-0.2, 0) is 13.1 Å². The Balaban J connectivity index is 1.85. The van der Waals surface area contributed by atoms with Crippen LogP contribution in [0.1, 0.15) is 16.2 Å². The average Bonchev–Trinajstić information content (AvgIpc) is 2.85. The molecule has 1 aromatic carbocycles. The second kappa shape index (κ2) is 5.05. The molecule has 3 rings (SSSR count). The monoisotopic (exact) mass is 384 g/mol. The van der Waals surface area contributed by atoms with Crippen molar-refractivity contribution in [1.29, 1.82) is 0 Å². The maximum Gasteiger partial charge on any atom is 0.255 e. The quantitative estimate of drug-likeness (QED) is 0.757. The first-order chi connectivity index (χ1) is 9.15. The molecule has 7 heteroatoms.